The van der Waals surface area contributed by atoms with Crippen molar-refractivity contribution in [2.24, 2.45) is 0 Å². The lowest BCUT2D eigenvalue weighted by Gasteiger charge is -2.13. The van der Waals surface area contributed by atoms with Crippen molar-refractivity contribution in [3.63, 3.8) is 0 Å². The third-order valence-corrected chi connectivity index (χ3v) is 12.3. The van der Waals surface area contributed by atoms with E-state index in [0.29, 0.717) is 11.6 Å². The van der Waals surface area contributed by atoms with Crippen LogP contribution in [0.2, 0.25) is 0 Å². The second-order valence-electron chi connectivity index (χ2n) is 15.0. The molecule has 4 nitrogen and oxygen atoms in total. The number of thiophene rings is 1. The smallest absolute Gasteiger partial charge is 0.160 e. The fraction of sp³-hybridized carbons (Fsp3) is 0. The van der Waals surface area contributed by atoms with E-state index >= 15 is 0 Å². The zero-order valence-electron chi connectivity index (χ0n) is 33.0. The molecule has 0 aliphatic heterocycles. The first kappa shape index (κ1) is 36.2. The van der Waals surface area contributed by atoms with Crippen LogP contribution in [0, 0.1) is 0 Å². The van der Waals surface area contributed by atoms with Crippen LogP contribution in [0.4, 0.5) is 0 Å². The maximum atomic E-state index is 5.14. The molecule has 5 heteroatoms. The SMILES string of the molecule is c1ccc(-c2cc(-c3ccccc3)nc(-c3ccc(-c4ccc(-c5cccc(-c6nc(-c7ccccc7)cc(-c7ccccc7)n6)c5)c5c4sc4ccccc45)cc3)n2)cc1. The normalized spacial score (nSPS) is 11.3. The highest BCUT2D eigenvalue weighted by molar-refractivity contribution is 7.26. The van der Waals surface area contributed by atoms with E-state index in [2.05, 4.69) is 170 Å². The van der Waals surface area contributed by atoms with Gasteiger partial charge in [-0.15, -0.1) is 11.3 Å². The lowest BCUT2D eigenvalue weighted by molar-refractivity contribution is 1.18. The Kier molecular flexibility index (Phi) is 9.34. The summed E-state index contributed by atoms with van der Waals surface area (Å²) in [5.74, 6) is 1.39. The largest absolute Gasteiger partial charge is 0.228 e. The molecular formula is C56H36N4S. The summed E-state index contributed by atoms with van der Waals surface area (Å²) < 4.78 is 2.50. The van der Waals surface area contributed by atoms with Crippen LogP contribution in [0.3, 0.4) is 0 Å². The van der Waals surface area contributed by atoms with Gasteiger partial charge in [-0.25, -0.2) is 19.9 Å². The fourth-order valence-corrected chi connectivity index (χ4v) is 9.37. The summed E-state index contributed by atoms with van der Waals surface area (Å²) in [5, 5.41) is 2.49. The van der Waals surface area contributed by atoms with Crippen LogP contribution in [-0.4, -0.2) is 19.9 Å². The highest BCUT2D eigenvalue weighted by Gasteiger charge is 2.18. The van der Waals surface area contributed by atoms with Crippen LogP contribution in [0.15, 0.2) is 218 Å². The molecule has 286 valence electrons. The summed E-state index contributed by atoms with van der Waals surface area (Å²) in [6.07, 6.45) is 0. The van der Waals surface area contributed by atoms with Crippen LogP contribution in [-0.2, 0) is 0 Å². The zero-order chi connectivity index (χ0) is 40.5. The molecule has 0 radical (unpaired) electrons. The van der Waals surface area contributed by atoms with E-state index in [-0.39, 0.29) is 0 Å². The molecule has 0 N–H and O–H groups in total. The summed E-state index contributed by atoms with van der Waals surface area (Å²) in [5.41, 5.74) is 14.4. The number of nitrogens with zero attached hydrogens (tertiary/aromatic N) is 4. The average molecular weight is 797 g/mol. The number of benzene rings is 8. The van der Waals surface area contributed by atoms with E-state index in [0.717, 1.165) is 67.3 Å². The van der Waals surface area contributed by atoms with Gasteiger partial charge in [0.15, 0.2) is 11.6 Å². The van der Waals surface area contributed by atoms with Crippen molar-refractivity contribution in [3.05, 3.63) is 218 Å². The Hall–Kier alpha value is -7.86. The van der Waals surface area contributed by atoms with Crippen molar-refractivity contribution >= 4 is 31.5 Å². The summed E-state index contributed by atoms with van der Waals surface area (Å²) in [4.78, 5) is 20.4. The van der Waals surface area contributed by atoms with Gasteiger partial charge in [-0.2, -0.15) is 0 Å². The Morgan fingerprint density at radius 2 is 0.689 bits per heavy atom. The van der Waals surface area contributed by atoms with Crippen molar-refractivity contribution in [1.29, 1.82) is 0 Å². The fourth-order valence-electron chi connectivity index (χ4n) is 8.10. The Bertz CT molecular complexity index is 3210. The van der Waals surface area contributed by atoms with Crippen LogP contribution >= 0.6 is 11.3 Å². The minimum atomic E-state index is 0.694. The number of fused-ring (bicyclic) bond motifs is 3. The summed E-state index contributed by atoms with van der Waals surface area (Å²) in [7, 11) is 0. The molecule has 0 spiro atoms. The Morgan fingerprint density at radius 3 is 1.21 bits per heavy atom. The van der Waals surface area contributed by atoms with Gasteiger partial charge < -0.3 is 0 Å². The van der Waals surface area contributed by atoms with Gasteiger partial charge in [-0.05, 0) is 46.5 Å². The Labute approximate surface area is 358 Å². The maximum Gasteiger partial charge on any atom is 0.160 e. The first-order valence-corrected chi connectivity index (χ1v) is 21.2. The lowest BCUT2D eigenvalue weighted by atomic mass is 9.93. The van der Waals surface area contributed by atoms with Gasteiger partial charge in [0, 0.05) is 53.6 Å². The summed E-state index contributed by atoms with van der Waals surface area (Å²) in [6, 6.07) is 76.1. The predicted molar refractivity (Wildman–Crippen MR) is 254 cm³/mol. The highest BCUT2D eigenvalue weighted by Crippen LogP contribution is 2.45. The number of aromatic nitrogens is 4. The van der Waals surface area contributed by atoms with E-state index in [1.165, 1.54) is 31.3 Å². The molecule has 0 amide bonds. The minimum absolute atomic E-state index is 0.694. The molecule has 0 aliphatic rings. The van der Waals surface area contributed by atoms with Crippen molar-refractivity contribution in [1.82, 2.24) is 19.9 Å². The highest BCUT2D eigenvalue weighted by atomic mass is 32.1. The topological polar surface area (TPSA) is 51.6 Å². The van der Waals surface area contributed by atoms with Gasteiger partial charge in [-0.1, -0.05) is 194 Å². The Balaban J connectivity index is 1.00. The van der Waals surface area contributed by atoms with E-state index in [1.807, 2.05) is 59.9 Å². The summed E-state index contributed by atoms with van der Waals surface area (Å²) in [6.45, 7) is 0. The molecule has 0 fully saturated rings. The van der Waals surface area contributed by atoms with E-state index < -0.39 is 0 Å². The standard InChI is InChI=1S/C56H36N4S/c1-5-16-38(17-6-1)48-35-49(39-18-7-2-8-19-39)58-55(57-48)42-30-28-37(29-31-42)46-33-32-45(53-47-26-13-14-27-52(47)61-54(46)53)43-24-15-25-44(34-43)56-59-50(40-20-9-3-10-21-40)36-51(60-56)41-22-11-4-12-23-41/h1-36H. The zero-order valence-corrected chi connectivity index (χ0v) is 33.8. The molecule has 0 bridgehead atoms. The minimum Gasteiger partial charge on any atom is -0.228 e. The molecule has 0 saturated carbocycles. The van der Waals surface area contributed by atoms with Crippen LogP contribution < -0.4 is 0 Å². The molecule has 0 atom stereocenters. The third kappa shape index (κ3) is 7.07. The summed E-state index contributed by atoms with van der Waals surface area (Å²) >= 11 is 1.84. The average Bonchev–Trinajstić information content (AvgIpc) is 3.75. The number of hydrogen-bond acceptors (Lipinski definition) is 5. The van der Waals surface area contributed by atoms with E-state index in [9.17, 15) is 0 Å². The molecule has 8 aromatic carbocycles. The number of hydrogen-bond donors (Lipinski definition) is 0. The maximum absolute atomic E-state index is 5.14. The first-order valence-electron chi connectivity index (χ1n) is 20.4. The molecule has 3 aromatic heterocycles. The van der Waals surface area contributed by atoms with E-state index in [4.69, 9.17) is 19.9 Å². The van der Waals surface area contributed by atoms with Gasteiger partial charge in [-0.3, -0.25) is 0 Å². The molecule has 11 aromatic rings. The van der Waals surface area contributed by atoms with Gasteiger partial charge >= 0.3 is 0 Å². The monoisotopic (exact) mass is 796 g/mol. The van der Waals surface area contributed by atoms with Gasteiger partial charge in [0.1, 0.15) is 0 Å². The Morgan fingerprint density at radius 1 is 0.279 bits per heavy atom. The van der Waals surface area contributed by atoms with Crippen molar-refractivity contribution in [3.8, 4) is 90.1 Å². The quantitative estimate of drug-likeness (QED) is 0.154. The lowest BCUT2D eigenvalue weighted by Crippen LogP contribution is -1.96. The first-order chi connectivity index (χ1) is 30.2. The van der Waals surface area contributed by atoms with Crippen molar-refractivity contribution < 1.29 is 0 Å². The number of rotatable bonds is 8. The van der Waals surface area contributed by atoms with Crippen LogP contribution in [0.1, 0.15) is 0 Å². The van der Waals surface area contributed by atoms with Crippen molar-refractivity contribution in [2.45, 2.75) is 0 Å². The molecule has 3 heterocycles. The molecule has 0 unspecified atom stereocenters. The third-order valence-electron chi connectivity index (χ3n) is 11.1. The molecule has 0 aliphatic carbocycles. The van der Waals surface area contributed by atoms with Gasteiger partial charge in [0.2, 0.25) is 0 Å². The van der Waals surface area contributed by atoms with Gasteiger partial charge in [0.05, 0.1) is 22.8 Å². The predicted octanol–water partition coefficient (Wildman–Crippen LogP) is 15.0. The molecular weight excluding hydrogens is 761 g/mol. The molecule has 0 saturated heterocycles. The molecule has 61 heavy (non-hydrogen) atoms. The second kappa shape index (κ2) is 15.7. The van der Waals surface area contributed by atoms with E-state index in [1.54, 1.807) is 0 Å². The molecule has 11 rings (SSSR count). The second-order valence-corrected chi connectivity index (χ2v) is 16.1. The van der Waals surface area contributed by atoms with Crippen molar-refractivity contribution in [2.75, 3.05) is 0 Å². The van der Waals surface area contributed by atoms with Crippen LogP contribution in [0.5, 0.6) is 0 Å². The van der Waals surface area contributed by atoms with Gasteiger partial charge in [0.25, 0.3) is 0 Å². The van der Waals surface area contributed by atoms with Crippen LogP contribution in [0.25, 0.3) is 110 Å².